The summed E-state index contributed by atoms with van der Waals surface area (Å²) < 4.78 is 34.3. The Morgan fingerprint density at radius 1 is 1.22 bits per heavy atom. The summed E-state index contributed by atoms with van der Waals surface area (Å²) in [5, 5.41) is 13.7. The molecule has 1 fully saturated rings. The molecule has 4 rings (SSSR count). The summed E-state index contributed by atoms with van der Waals surface area (Å²) in [6, 6.07) is 2.44. The molecule has 2 aromatic rings. The number of carbonyl (C=O) groups excluding carboxylic acids is 1. The average Bonchev–Trinajstić information content (AvgIpc) is 2.84. The third kappa shape index (κ3) is 4.24. The Morgan fingerprint density at radius 2 is 1.97 bits per heavy atom. The van der Waals surface area contributed by atoms with E-state index in [1.807, 2.05) is 0 Å². The fraction of sp³-hybridized carbons (Fsp3) is 0.455. The van der Waals surface area contributed by atoms with Gasteiger partial charge in [-0.3, -0.25) is 19.8 Å². The molecular formula is C22H28FN7O5S. The molecule has 2 amide bonds. The number of nitrogens with one attached hydrogen (secondary N) is 3. The van der Waals surface area contributed by atoms with Crippen LogP contribution in [0.4, 0.5) is 15.0 Å². The number of anilines is 1. The maximum Gasteiger partial charge on any atom is 0.410 e. The molecule has 12 nitrogen and oxygen atoms in total. The number of carbonyl (C=O) groups is 2. The first-order chi connectivity index (χ1) is 16.9. The summed E-state index contributed by atoms with van der Waals surface area (Å²) in [5.41, 5.74) is -1.56. The topological polar surface area (TPSA) is 171 Å². The molecule has 2 aromatic heterocycles. The van der Waals surface area contributed by atoms with E-state index in [-0.39, 0.29) is 28.9 Å². The van der Waals surface area contributed by atoms with Crippen molar-refractivity contribution in [1.29, 1.82) is 0 Å². The lowest BCUT2D eigenvalue weighted by molar-refractivity contribution is 0.102. The van der Waals surface area contributed by atoms with Crippen LogP contribution < -0.4 is 20.1 Å². The Morgan fingerprint density at radius 3 is 2.61 bits per heavy atom. The smallest absolute Gasteiger partial charge is 0.410 e. The van der Waals surface area contributed by atoms with Gasteiger partial charge in [-0.2, -0.15) is 0 Å². The highest BCUT2D eigenvalue weighted by Crippen LogP contribution is 2.66. The molecule has 2 aliphatic heterocycles. The van der Waals surface area contributed by atoms with E-state index in [4.69, 9.17) is 4.74 Å². The molecular weight excluding hydrogens is 493 g/mol. The highest BCUT2D eigenvalue weighted by molar-refractivity contribution is 8.29. The van der Waals surface area contributed by atoms with Gasteiger partial charge in [0.25, 0.3) is 5.91 Å². The second-order valence-electron chi connectivity index (χ2n) is 9.12. The normalized spacial score (nSPS) is 28.6. The van der Waals surface area contributed by atoms with Gasteiger partial charge in [0.2, 0.25) is 5.88 Å². The van der Waals surface area contributed by atoms with Crippen molar-refractivity contribution in [2.45, 2.75) is 49.1 Å². The van der Waals surface area contributed by atoms with Crippen LogP contribution in [0.15, 0.2) is 29.5 Å². The van der Waals surface area contributed by atoms with Crippen LogP contribution in [0.5, 0.6) is 5.88 Å². The largest absolute Gasteiger partial charge is 0.480 e. The Labute approximate surface area is 208 Å². The van der Waals surface area contributed by atoms with Gasteiger partial charge in [-0.1, -0.05) is 10.5 Å². The number of hydrogen-bond acceptors (Lipinski definition) is 9. The molecule has 1 unspecified atom stereocenters. The van der Waals surface area contributed by atoms with Gasteiger partial charge in [0, 0.05) is 6.54 Å². The standard InChI is InChI=1S/C22H28FN7O5S/c1-21(2)19(29-20(32)33)30-22(3,14-6-5-9-26-36(14,21)34)17-12(23)7-8-15(27-17)28-18(31)13-10-25-16(35-4)11-24-13/h7-8,10-11,14,26,34H,5-6,9H2,1-4H3,(H,29,30)(H,32,33)(H,27,28,31)/t14-,22-/m0/s1. The van der Waals surface area contributed by atoms with E-state index in [9.17, 15) is 19.2 Å². The fourth-order valence-corrected chi connectivity index (χ4v) is 8.05. The lowest BCUT2D eigenvalue weighted by atomic mass is 9.88. The highest BCUT2D eigenvalue weighted by atomic mass is 32.3. The first-order valence-corrected chi connectivity index (χ1v) is 12.8. The lowest BCUT2D eigenvalue weighted by Gasteiger charge is -2.61. The zero-order valence-electron chi connectivity index (χ0n) is 20.2. The second-order valence-corrected chi connectivity index (χ2v) is 12.3. The van der Waals surface area contributed by atoms with Crippen molar-refractivity contribution in [3.63, 3.8) is 0 Å². The molecule has 194 valence electrons. The van der Waals surface area contributed by atoms with E-state index in [2.05, 4.69) is 35.3 Å². The summed E-state index contributed by atoms with van der Waals surface area (Å²) in [7, 11) is -1.32. The summed E-state index contributed by atoms with van der Waals surface area (Å²) in [4.78, 5) is 41.2. The quantitative estimate of drug-likeness (QED) is 0.406. The van der Waals surface area contributed by atoms with Gasteiger partial charge in [0.15, 0.2) is 0 Å². The van der Waals surface area contributed by atoms with Crippen LogP contribution in [-0.2, 0) is 5.54 Å². The molecule has 5 N–H and O–H groups in total. The number of nitrogens with zero attached hydrogens (tertiary/aromatic N) is 4. The van der Waals surface area contributed by atoms with Crippen LogP contribution in [0.2, 0.25) is 0 Å². The summed E-state index contributed by atoms with van der Waals surface area (Å²) in [5.74, 6) is -1.05. The molecule has 0 aromatic carbocycles. The minimum Gasteiger partial charge on any atom is -0.480 e. The molecule has 3 atom stereocenters. The SMILES string of the molecule is COc1cnc(C(=O)Nc2ccc(F)c([C@@]3(C)N=C(NC(=O)O)C(C)(C)S4(O)NCCC[C@@H]34)n2)cn1. The molecule has 4 heterocycles. The molecule has 0 radical (unpaired) electrons. The number of amides is 2. The summed E-state index contributed by atoms with van der Waals surface area (Å²) >= 11 is 0. The van der Waals surface area contributed by atoms with Crippen LogP contribution in [0.1, 0.15) is 49.8 Å². The van der Waals surface area contributed by atoms with Gasteiger partial charge in [-0.05, 0) is 45.7 Å². The number of rotatable bonds is 4. The number of amidine groups is 1. The Bertz CT molecular complexity index is 1230. The predicted molar refractivity (Wildman–Crippen MR) is 132 cm³/mol. The number of carboxylic acid groups (broad SMARTS) is 1. The third-order valence-electron chi connectivity index (χ3n) is 6.56. The highest BCUT2D eigenvalue weighted by Gasteiger charge is 2.61. The monoisotopic (exact) mass is 521 g/mol. The number of fused-ring (bicyclic) bond motifs is 1. The zero-order valence-corrected chi connectivity index (χ0v) is 21.0. The molecule has 0 spiro atoms. The number of halogens is 1. The molecule has 14 heteroatoms. The van der Waals surface area contributed by atoms with E-state index < -0.39 is 43.8 Å². The maximum absolute atomic E-state index is 15.3. The van der Waals surface area contributed by atoms with Crippen molar-refractivity contribution in [1.82, 2.24) is 25.0 Å². The van der Waals surface area contributed by atoms with E-state index >= 15 is 4.39 Å². The van der Waals surface area contributed by atoms with Crippen molar-refractivity contribution < 1.29 is 28.4 Å². The minimum atomic E-state index is -2.74. The fourth-order valence-electron chi connectivity index (χ4n) is 4.59. The van der Waals surface area contributed by atoms with Gasteiger partial charge in [-0.15, -0.1) is 0 Å². The molecule has 1 saturated heterocycles. The van der Waals surface area contributed by atoms with E-state index in [1.54, 1.807) is 20.8 Å². The van der Waals surface area contributed by atoms with Crippen molar-refractivity contribution >= 4 is 34.1 Å². The maximum atomic E-state index is 15.3. The molecule has 0 bridgehead atoms. The van der Waals surface area contributed by atoms with Crippen LogP contribution in [0, 0.1) is 5.82 Å². The Hall–Kier alpha value is -3.36. The minimum absolute atomic E-state index is 0.00429. The number of aliphatic imine (C=N–C) groups is 1. The van der Waals surface area contributed by atoms with E-state index in [0.29, 0.717) is 19.4 Å². The Kier molecular flexibility index (Phi) is 6.62. The number of ether oxygens (including phenoxy) is 1. The summed E-state index contributed by atoms with van der Waals surface area (Å²) in [6.45, 7) is 5.56. The van der Waals surface area contributed by atoms with Gasteiger partial charge in [0.1, 0.15) is 34.4 Å². The van der Waals surface area contributed by atoms with Crippen LogP contribution in [0.25, 0.3) is 0 Å². The second kappa shape index (κ2) is 9.26. The van der Waals surface area contributed by atoms with Crippen LogP contribution in [-0.4, -0.2) is 66.1 Å². The van der Waals surface area contributed by atoms with Gasteiger partial charge in [-0.25, -0.2) is 24.1 Å². The van der Waals surface area contributed by atoms with Crippen LogP contribution in [0.3, 0.4) is 0 Å². The van der Waals surface area contributed by atoms with E-state index in [1.165, 1.54) is 25.6 Å². The number of methoxy groups -OCH3 is 1. The van der Waals surface area contributed by atoms with Gasteiger partial charge < -0.3 is 19.7 Å². The Balaban J connectivity index is 1.77. The third-order valence-corrected chi connectivity index (χ3v) is 10.5. The van der Waals surface area contributed by atoms with Crippen LogP contribution >= 0.6 is 10.5 Å². The first-order valence-electron chi connectivity index (χ1n) is 11.2. The molecule has 2 aliphatic rings. The van der Waals surface area contributed by atoms with E-state index in [0.717, 1.165) is 6.07 Å². The van der Waals surface area contributed by atoms with Gasteiger partial charge >= 0.3 is 6.09 Å². The molecule has 0 aliphatic carbocycles. The average molecular weight is 522 g/mol. The van der Waals surface area contributed by atoms with Crippen molar-refractivity contribution in [2.75, 3.05) is 19.0 Å². The first kappa shape index (κ1) is 25.7. The van der Waals surface area contributed by atoms with Crippen molar-refractivity contribution in [3.8, 4) is 5.88 Å². The summed E-state index contributed by atoms with van der Waals surface area (Å²) in [6.07, 6.45) is 2.39. The van der Waals surface area contributed by atoms with Gasteiger partial charge in [0.05, 0.1) is 29.5 Å². The number of aromatic nitrogens is 3. The molecule has 0 saturated carbocycles. The molecule has 36 heavy (non-hydrogen) atoms. The number of pyridine rings is 1. The van der Waals surface area contributed by atoms with Crippen molar-refractivity contribution in [2.24, 2.45) is 4.99 Å². The predicted octanol–water partition coefficient (Wildman–Crippen LogP) is 2.89. The zero-order chi connectivity index (χ0) is 26.3. The van der Waals surface area contributed by atoms with Crippen molar-refractivity contribution in [3.05, 3.63) is 41.7 Å². The lowest BCUT2D eigenvalue weighted by Crippen LogP contribution is -2.63. The number of hydrogen-bond donors (Lipinski definition) is 5.